The highest BCUT2D eigenvalue weighted by atomic mass is 79.9. The number of hydrogen-bond donors (Lipinski definition) is 2. The van der Waals surface area contributed by atoms with E-state index in [2.05, 4.69) is 26.6 Å². The first kappa shape index (κ1) is 17.5. The number of amides is 2. The van der Waals surface area contributed by atoms with Crippen molar-refractivity contribution in [2.75, 3.05) is 11.9 Å². The van der Waals surface area contributed by atoms with Gasteiger partial charge in [0.2, 0.25) is 11.8 Å². The summed E-state index contributed by atoms with van der Waals surface area (Å²) in [7, 11) is 0. The van der Waals surface area contributed by atoms with E-state index in [9.17, 15) is 9.59 Å². The van der Waals surface area contributed by atoms with Crippen LogP contribution in [0.2, 0.25) is 5.02 Å². The molecule has 120 valence electrons. The molecule has 0 radical (unpaired) electrons. The van der Waals surface area contributed by atoms with E-state index < -0.39 is 0 Å². The Morgan fingerprint density at radius 1 is 1.04 bits per heavy atom. The van der Waals surface area contributed by atoms with Crippen molar-refractivity contribution in [3.8, 4) is 0 Å². The van der Waals surface area contributed by atoms with E-state index in [1.54, 1.807) is 12.1 Å². The Morgan fingerprint density at radius 2 is 1.83 bits per heavy atom. The molecule has 0 aliphatic heterocycles. The standard InChI is InChI=1S/C17H16BrClN2O2/c18-14-6-1-2-7-15(14)21-17(23)11-16(22)20-9-8-12-4-3-5-13(19)10-12/h1-7,10H,8-9,11H2,(H,20,22)(H,21,23). The van der Waals surface area contributed by atoms with Gasteiger partial charge < -0.3 is 10.6 Å². The van der Waals surface area contributed by atoms with E-state index in [0.29, 0.717) is 23.7 Å². The maximum Gasteiger partial charge on any atom is 0.233 e. The van der Waals surface area contributed by atoms with E-state index in [-0.39, 0.29) is 18.2 Å². The zero-order valence-corrected chi connectivity index (χ0v) is 14.7. The molecule has 2 aromatic rings. The van der Waals surface area contributed by atoms with Gasteiger partial charge in [-0.15, -0.1) is 0 Å². The Bertz CT molecular complexity index is 706. The van der Waals surface area contributed by atoms with Crippen LogP contribution in [0.5, 0.6) is 0 Å². The van der Waals surface area contributed by atoms with Gasteiger partial charge in [-0.05, 0) is 52.2 Å². The number of nitrogens with one attached hydrogen (secondary N) is 2. The monoisotopic (exact) mass is 394 g/mol. The molecule has 4 nitrogen and oxygen atoms in total. The molecule has 2 amide bonds. The minimum absolute atomic E-state index is 0.211. The summed E-state index contributed by atoms with van der Waals surface area (Å²) in [4.78, 5) is 23.6. The highest BCUT2D eigenvalue weighted by Gasteiger charge is 2.10. The van der Waals surface area contributed by atoms with Gasteiger partial charge in [0, 0.05) is 16.0 Å². The Balaban J connectivity index is 1.74. The normalized spacial score (nSPS) is 10.2. The average Bonchev–Trinajstić information content (AvgIpc) is 2.49. The molecule has 0 saturated heterocycles. The van der Waals surface area contributed by atoms with Crippen molar-refractivity contribution >= 4 is 45.0 Å². The summed E-state index contributed by atoms with van der Waals surface area (Å²) in [6.07, 6.45) is 0.453. The Labute approximate surface area is 148 Å². The summed E-state index contributed by atoms with van der Waals surface area (Å²) in [5, 5.41) is 6.09. The SMILES string of the molecule is O=C(CC(=O)Nc1ccccc1Br)NCCc1cccc(Cl)c1. The molecule has 0 spiro atoms. The Hall–Kier alpha value is -1.85. The molecule has 0 saturated carbocycles. The molecular weight excluding hydrogens is 380 g/mol. The maximum absolute atomic E-state index is 11.8. The number of rotatable bonds is 6. The first-order valence-electron chi connectivity index (χ1n) is 7.10. The van der Waals surface area contributed by atoms with Crippen molar-refractivity contribution in [3.63, 3.8) is 0 Å². The second-order valence-corrected chi connectivity index (χ2v) is 6.23. The van der Waals surface area contributed by atoms with E-state index in [1.165, 1.54) is 0 Å². The van der Waals surface area contributed by atoms with Crippen LogP contribution in [-0.2, 0) is 16.0 Å². The quantitative estimate of drug-likeness (QED) is 0.731. The topological polar surface area (TPSA) is 58.2 Å². The van der Waals surface area contributed by atoms with Crippen LogP contribution in [0, 0.1) is 0 Å². The highest BCUT2D eigenvalue weighted by molar-refractivity contribution is 9.10. The van der Waals surface area contributed by atoms with Crippen molar-refractivity contribution < 1.29 is 9.59 Å². The third-order valence-corrected chi connectivity index (χ3v) is 4.02. The second kappa shape index (κ2) is 8.70. The van der Waals surface area contributed by atoms with E-state index >= 15 is 0 Å². The third-order valence-electron chi connectivity index (χ3n) is 3.09. The Morgan fingerprint density at radius 3 is 2.57 bits per heavy atom. The molecule has 0 bridgehead atoms. The lowest BCUT2D eigenvalue weighted by Crippen LogP contribution is -2.29. The van der Waals surface area contributed by atoms with Crippen LogP contribution in [0.25, 0.3) is 0 Å². The third kappa shape index (κ3) is 6.04. The smallest absolute Gasteiger partial charge is 0.233 e. The molecular formula is C17H16BrClN2O2. The molecule has 0 aliphatic rings. The fraction of sp³-hybridized carbons (Fsp3) is 0.176. The van der Waals surface area contributed by atoms with Gasteiger partial charge in [-0.3, -0.25) is 9.59 Å². The van der Waals surface area contributed by atoms with Crippen LogP contribution in [0.3, 0.4) is 0 Å². The van der Waals surface area contributed by atoms with Crippen molar-refractivity contribution in [1.82, 2.24) is 5.32 Å². The molecule has 2 aromatic carbocycles. The van der Waals surface area contributed by atoms with Gasteiger partial charge >= 0.3 is 0 Å². The Kier molecular flexibility index (Phi) is 6.62. The lowest BCUT2D eigenvalue weighted by atomic mass is 10.1. The van der Waals surface area contributed by atoms with Gasteiger partial charge in [0.05, 0.1) is 5.69 Å². The van der Waals surface area contributed by atoms with E-state index in [4.69, 9.17) is 11.6 Å². The first-order valence-corrected chi connectivity index (χ1v) is 8.27. The van der Waals surface area contributed by atoms with Crippen LogP contribution >= 0.6 is 27.5 Å². The number of hydrogen-bond acceptors (Lipinski definition) is 2. The maximum atomic E-state index is 11.8. The van der Waals surface area contributed by atoms with Gasteiger partial charge in [-0.25, -0.2) is 0 Å². The molecule has 0 atom stereocenters. The summed E-state index contributed by atoms with van der Waals surface area (Å²) >= 11 is 9.24. The average molecular weight is 396 g/mol. The molecule has 0 fully saturated rings. The summed E-state index contributed by atoms with van der Waals surface area (Å²) in [6.45, 7) is 0.460. The van der Waals surface area contributed by atoms with Gasteiger partial charge in [-0.2, -0.15) is 0 Å². The molecule has 2 N–H and O–H groups in total. The van der Waals surface area contributed by atoms with Crippen molar-refractivity contribution in [2.24, 2.45) is 0 Å². The molecule has 23 heavy (non-hydrogen) atoms. The van der Waals surface area contributed by atoms with Crippen LogP contribution in [-0.4, -0.2) is 18.4 Å². The minimum Gasteiger partial charge on any atom is -0.355 e. The molecule has 0 heterocycles. The van der Waals surface area contributed by atoms with Crippen LogP contribution in [0.15, 0.2) is 53.0 Å². The molecule has 0 aliphatic carbocycles. The molecule has 0 aromatic heterocycles. The van der Waals surface area contributed by atoms with E-state index in [0.717, 1.165) is 10.0 Å². The number of anilines is 1. The fourth-order valence-corrected chi connectivity index (χ4v) is 2.60. The largest absolute Gasteiger partial charge is 0.355 e. The van der Waals surface area contributed by atoms with Crippen molar-refractivity contribution in [3.05, 3.63) is 63.6 Å². The number of halogens is 2. The zero-order chi connectivity index (χ0) is 16.7. The van der Waals surface area contributed by atoms with Crippen molar-refractivity contribution in [2.45, 2.75) is 12.8 Å². The van der Waals surface area contributed by atoms with Gasteiger partial charge in [0.15, 0.2) is 0 Å². The van der Waals surface area contributed by atoms with Gasteiger partial charge in [0.25, 0.3) is 0 Å². The highest BCUT2D eigenvalue weighted by Crippen LogP contribution is 2.21. The summed E-state index contributed by atoms with van der Waals surface area (Å²) in [5.74, 6) is -0.659. The van der Waals surface area contributed by atoms with Crippen LogP contribution < -0.4 is 10.6 Å². The zero-order valence-electron chi connectivity index (χ0n) is 12.3. The molecule has 6 heteroatoms. The number of carbonyl (C=O) groups excluding carboxylic acids is 2. The predicted molar refractivity (Wildman–Crippen MR) is 95.6 cm³/mol. The summed E-state index contributed by atoms with van der Waals surface area (Å²) < 4.78 is 0.773. The predicted octanol–water partition coefficient (Wildman–Crippen LogP) is 3.79. The molecule has 2 rings (SSSR count). The van der Waals surface area contributed by atoms with Crippen LogP contribution in [0.4, 0.5) is 5.69 Å². The summed E-state index contributed by atoms with van der Waals surface area (Å²) in [5.41, 5.74) is 1.68. The lowest BCUT2D eigenvalue weighted by molar-refractivity contribution is -0.126. The van der Waals surface area contributed by atoms with E-state index in [1.807, 2.05) is 36.4 Å². The summed E-state index contributed by atoms with van der Waals surface area (Å²) in [6, 6.07) is 14.7. The second-order valence-electron chi connectivity index (χ2n) is 4.93. The van der Waals surface area contributed by atoms with Crippen LogP contribution in [0.1, 0.15) is 12.0 Å². The fourth-order valence-electron chi connectivity index (χ4n) is 2.00. The molecule has 0 unspecified atom stereocenters. The number of para-hydroxylation sites is 1. The minimum atomic E-state index is -0.350. The van der Waals surface area contributed by atoms with Gasteiger partial charge in [0.1, 0.15) is 6.42 Å². The van der Waals surface area contributed by atoms with Gasteiger partial charge in [-0.1, -0.05) is 35.9 Å². The van der Waals surface area contributed by atoms with Crippen molar-refractivity contribution in [1.29, 1.82) is 0 Å². The number of carbonyl (C=O) groups is 2. The first-order chi connectivity index (χ1) is 11.0. The number of benzene rings is 2. The lowest BCUT2D eigenvalue weighted by Gasteiger charge is -2.08.